The summed E-state index contributed by atoms with van der Waals surface area (Å²) in [5, 5.41) is 0. The third-order valence-electron chi connectivity index (χ3n) is 4.63. The number of hydrogen-bond acceptors (Lipinski definition) is 8. The quantitative estimate of drug-likeness (QED) is 0.233. The summed E-state index contributed by atoms with van der Waals surface area (Å²) in [5.41, 5.74) is 2.00. The first-order valence-corrected chi connectivity index (χ1v) is 10.6. The van der Waals surface area contributed by atoms with Crippen molar-refractivity contribution in [3.8, 4) is 5.88 Å². The lowest BCUT2D eigenvalue weighted by Gasteiger charge is -2.25. The highest BCUT2D eigenvalue weighted by Gasteiger charge is 2.52. The van der Waals surface area contributed by atoms with Crippen LogP contribution in [0.1, 0.15) is 25.7 Å². The molecule has 1 aliphatic carbocycles. The number of anilines is 1. The molecule has 3 rings (SSSR count). The normalized spacial score (nSPS) is 18.2. The Morgan fingerprint density at radius 2 is 1.81 bits per heavy atom. The SMILES string of the molecule is COc1nc(N)nc2c1ncn2CC1(OOP(=O)(O)C(CC(F)(F)F)CC(F)(F)F)CC1. The summed E-state index contributed by atoms with van der Waals surface area (Å²) in [4.78, 5) is 26.7. The van der Waals surface area contributed by atoms with E-state index in [1.54, 1.807) is 0 Å². The van der Waals surface area contributed by atoms with Crippen molar-refractivity contribution in [1.82, 2.24) is 19.5 Å². The van der Waals surface area contributed by atoms with Crippen LogP contribution in [0.25, 0.3) is 11.2 Å². The van der Waals surface area contributed by atoms with Gasteiger partial charge < -0.3 is 19.9 Å². The Morgan fingerprint density at radius 3 is 2.31 bits per heavy atom. The molecule has 2 heterocycles. The fourth-order valence-electron chi connectivity index (χ4n) is 2.94. The number of nitrogens with zero attached hydrogens (tertiary/aromatic N) is 4. The van der Waals surface area contributed by atoms with Gasteiger partial charge in [0.15, 0.2) is 11.2 Å². The monoisotopic (exact) mass is 493 g/mol. The van der Waals surface area contributed by atoms with Crippen molar-refractivity contribution in [1.29, 1.82) is 0 Å². The number of nitrogen functional groups attached to an aromatic ring is 1. The second kappa shape index (κ2) is 8.32. The lowest BCUT2D eigenvalue weighted by Crippen LogP contribution is -2.28. The Balaban J connectivity index is 1.75. The Hall–Kier alpha value is -2.16. The largest absolute Gasteiger partial charge is 0.479 e. The predicted octanol–water partition coefficient (Wildman–Crippen LogP) is 3.36. The number of halogens is 6. The molecule has 0 bridgehead atoms. The van der Waals surface area contributed by atoms with E-state index in [2.05, 4.69) is 19.6 Å². The molecule has 0 radical (unpaired) electrons. The van der Waals surface area contributed by atoms with Gasteiger partial charge in [-0.1, -0.05) is 0 Å². The third-order valence-corrected chi connectivity index (χ3v) is 6.20. The highest BCUT2D eigenvalue weighted by atomic mass is 31.2. The molecule has 1 aliphatic rings. The zero-order valence-electron chi connectivity index (χ0n) is 16.4. The van der Waals surface area contributed by atoms with Crippen LogP contribution in [-0.2, 0) is 20.7 Å². The van der Waals surface area contributed by atoms with E-state index in [1.165, 1.54) is 18.0 Å². The molecule has 0 aliphatic heterocycles. The number of fused-ring (bicyclic) bond motifs is 1. The van der Waals surface area contributed by atoms with Gasteiger partial charge >= 0.3 is 19.9 Å². The number of nitrogens with two attached hydrogens (primary N) is 1. The van der Waals surface area contributed by atoms with Gasteiger partial charge in [0.25, 0.3) is 0 Å². The Kier molecular flexibility index (Phi) is 6.36. The zero-order chi connectivity index (χ0) is 23.9. The first kappa shape index (κ1) is 24.5. The van der Waals surface area contributed by atoms with Crippen molar-refractivity contribution in [2.45, 2.75) is 55.8 Å². The molecule has 17 heteroatoms. The van der Waals surface area contributed by atoms with Crippen LogP contribution in [0.2, 0.25) is 0 Å². The van der Waals surface area contributed by atoms with Crippen molar-refractivity contribution in [3.63, 3.8) is 0 Å². The first-order chi connectivity index (χ1) is 14.6. The van der Waals surface area contributed by atoms with Gasteiger partial charge in [-0.2, -0.15) is 36.3 Å². The summed E-state index contributed by atoms with van der Waals surface area (Å²) in [6.07, 6.45) is -12.8. The molecule has 1 atom stereocenters. The minimum Gasteiger partial charge on any atom is -0.479 e. The zero-order valence-corrected chi connectivity index (χ0v) is 17.2. The lowest BCUT2D eigenvalue weighted by molar-refractivity contribution is -0.268. The Bertz CT molecular complexity index is 1010. The molecule has 0 amide bonds. The summed E-state index contributed by atoms with van der Waals surface area (Å²) >= 11 is 0. The van der Waals surface area contributed by atoms with Crippen LogP contribution in [-0.4, -0.2) is 55.1 Å². The Morgan fingerprint density at radius 1 is 1.22 bits per heavy atom. The number of imidazole rings is 1. The summed E-state index contributed by atoms with van der Waals surface area (Å²) in [7, 11) is -4.13. The van der Waals surface area contributed by atoms with E-state index >= 15 is 0 Å². The number of alkyl halides is 6. The molecule has 0 saturated heterocycles. The molecular formula is C15H18F6N5O5P. The number of methoxy groups -OCH3 is 1. The number of hydrogen-bond donors (Lipinski definition) is 2. The van der Waals surface area contributed by atoms with Crippen molar-refractivity contribution < 1.29 is 50.1 Å². The van der Waals surface area contributed by atoms with E-state index in [1.807, 2.05) is 0 Å². The predicted molar refractivity (Wildman–Crippen MR) is 95.4 cm³/mol. The van der Waals surface area contributed by atoms with Gasteiger partial charge in [0.2, 0.25) is 11.8 Å². The second-order valence-corrected chi connectivity index (χ2v) is 9.34. The van der Waals surface area contributed by atoms with E-state index in [-0.39, 0.29) is 42.4 Å². The second-order valence-electron chi connectivity index (χ2n) is 7.33. The third kappa shape index (κ3) is 5.99. The topological polar surface area (TPSA) is 135 Å². The van der Waals surface area contributed by atoms with Crippen LogP contribution in [0, 0.1) is 0 Å². The van der Waals surface area contributed by atoms with Crippen LogP contribution in [0.15, 0.2) is 6.33 Å². The smallest absolute Gasteiger partial charge is 0.390 e. The van der Waals surface area contributed by atoms with Crippen LogP contribution in [0.5, 0.6) is 5.88 Å². The van der Waals surface area contributed by atoms with Gasteiger partial charge in [-0.3, -0.25) is 4.57 Å². The first-order valence-electron chi connectivity index (χ1n) is 8.99. The van der Waals surface area contributed by atoms with Gasteiger partial charge in [0.1, 0.15) is 5.60 Å². The van der Waals surface area contributed by atoms with Crippen LogP contribution in [0.4, 0.5) is 32.3 Å². The molecule has 1 saturated carbocycles. The van der Waals surface area contributed by atoms with Gasteiger partial charge in [-0.25, -0.2) is 9.87 Å². The summed E-state index contributed by atoms with van der Waals surface area (Å²) in [5.74, 6) is -0.0598. The van der Waals surface area contributed by atoms with Gasteiger partial charge in [0, 0.05) is 0 Å². The van der Waals surface area contributed by atoms with Crippen molar-refractivity contribution in [2.24, 2.45) is 0 Å². The molecule has 1 unspecified atom stereocenters. The van der Waals surface area contributed by atoms with E-state index in [4.69, 9.17) is 15.4 Å². The molecule has 0 spiro atoms. The van der Waals surface area contributed by atoms with E-state index < -0.39 is 44.1 Å². The highest BCUT2D eigenvalue weighted by molar-refractivity contribution is 7.53. The highest BCUT2D eigenvalue weighted by Crippen LogP contribution is 2.57. The minimum absolute atomic E-state index is 0.0790. The standard InChI is InChI=1S/C15H18F6N5O5P/c1-29-11-9-10(24-12(22)25-11)26(7-23-9)6-13(2-3-13)30-31-32(27,28)8(4-14(16,17)18)5-15(19,20)21/h7-8H,2-6H2,1H3,(H,27,28)(H2,22,24,25). The minimum atomic E-state index is -5.46. The van der Waals surface area contributed by atoms with E-state index in [9.17, 15) is 35.8 Å². The lowest BCUT2D eigenvalue weighted by atomic mass is 10.2. The Labute approximate surface area is 176 Å². The molecule has 0 aromatic carbocycles. The van der Waals surface area contributed by atoms with Crippen LogP contribution in [0.3, 0.4) is 0 Å². The van der Waals surface area contributed by atoms with E-state index in [0.717, 1.165) is 0 Å². The summed E-state index contributed by atoms with van der Waals surface area (Å²) in [6, 6.07) is 0. The molecule has 2 aromatic heterocycles. The number of aromatic nitrogens is 4. The van der Waals surface area contributed by atoms with Crippen molar-refractivity contribution in [2.75, 3.05) is 12.8 Å². The van der Waals surface area contributed by atoms with E-state index in [0.29, 0.717) is 0 Å². The van der Waals surface area contributed by atoms with Gasteiger partial charge in [0.05, 0.1) is 38.5 Å². The van der Waals surface area contributed by atoms with Gasteiger partial charge in [-0.05, 0) is 12.8 Å². The average molecular weight is 493 g/mol. The molecule has 2 aromatic rings. The fraction of sp³-hybridized carbons (Fsp3) is 0.667. The van der Waals surface area contributed by atoms with Crippen LogP contribution < -0.4 is 10.5 Å². The summed E-state index contributed by atoms with van der Waals surface area (Å²) in [6.45, 7) is -0.0910. The maximum Gasteiger partial charge on any atom is 0.390 e. The van der Waals surface area contributed by atoms with Crippen molar-refractivity contribution in [3.05, 3.63) is 6.33 Å². The number of rotatable bonds is 9. The summed E-state index contributed by atoms with van der Waals surface area (Å²) < 4.78 is 98.9. The fourth-order valence-corrected chi connectivity index (χ4v) is 4.20. The molecule has 1 fully saturated rings. The average Bonchev–Trinajstić information content (AvgIpc) is 3.30. The molecule has 10 nitrogen and oxygen atoms in total. The number of ether oxygens (including phenoxy) is 1. The molecule has 32 heavy (non-hydrogen) atoms. The van der Waals surface area contributed by atoms with Crippen LogP contribution >= 0.6 is 7.60 Å². The van der Waals surface area contributed by atoms with Gasteiger partial charge in [-0.15, -0.1) is 4.67 Å². The van der Waals surface area contributed by atoms with Crippen molar-refractivity contribution >= 4 is 24.7 Å². The maximum atomic E-state index is 12.7. The maximum absolute atomic E-state index is 12.7. The molecular weight excluding hydrogens is 475 g/mol. The molecule has 3 N–H and O–H groups in total. The molecule has 180 valence electrons.